The molecule has 84 valence electrons. The van der Waals surface area contributed by atoms with Crippen LogP contribution in [0.25, 0.3) is 27.9 Å². The Morgan fingerprint density at radius 3 is 2.53 bits per heavy atom. The van der Waals surface area contributed by atoms with Crippen LogP contribution in [0.5, 0.6) is 0 Å². The van der Waals surface area contributed by atoms with Crippen LogP contribution in [0.4, 0.5) is 0 Å². The molecule has 0 saturated carbocycles. The van der Waals surface area contributed by atoms with Crippen LogP contribution in [0.1, 0.15) is 5.56 Å². The minimum atomic E-state index is 0. The Bertz CT molecular complexity index is 689. The zero-order valence-corrected chi connectivity index (χ0v) is 10.1. The lowest BCUT2D eigenvalue weighted by Crippen LogP contribution is -1.84. The fraction of sp³-hybridized carbons (Fsp3) is 0. The zero-order valence-electron chi connectivity index (χ0n) is 9.26. The van der Waals surface area contributed by atoms with Crippen molar-refractivity contribution in [2.45, 2.75) is 0 Å². The van der Waals surface area contributed by atoms with E-state index in [1.165, 1.54) is 5.39 Å². The van der Waals surface area contributed by atoms with Crippen LogP contribution < -0.4 is 0 Å². The number of halogens is 1. The van der Waals surface area contributed by atoms with E-state index in [1.807, 2.05) is 36.4 Å². The van der Waals surface area contributed by atoms with Gasteiger partial charge in [-0.25, -0.2) is 4.98 Å². The van der Waals surface area contributed by atoms with Crippen molar-refractivity contribution < 1.29 is 0 Å². The number of nitrogens with zero attached hydrogens (tertiary/aromatic N) is 1. The van der Waals surface area contributed by atoms with Crippen molar-refractivity contribution in [1.82, 2.24) is 4.98 Å². The van der Waals surface area contributed by atoms with Crippen LogP contribution in [0.3, 0.4) is 0 Å². The molecule has 0 N–H and O–H groups in total. The minimum absolute atomic E-state index is 0. The molecule has 3 rings (SSSR count). The van der Waals surface area contributed by atoms with Crippen molar-refractivity contribution in [1.29, 1.82) is 0 Å². The van der Waals surface area contributed by atoms with E-state index in [2.05, 4.69) is 29.8 Å². The highest BCUT2D eigenvalue weighted by Gasteiger charge is 2.01. The quantitative estimate of drug-likeness (QED) is 0.574. The highest BCUT2D eigenvalue weighted by atomic mass is 35.5. The Kier molecular flexibility index (Phi) is 3.12. The van der Waals surface area contributed by atoms with Crippen molar-refractivity contribution in [3.05, 3.63) is 60.7 Å². The predicted octanol–water partition coefficient (Wildman–Crippen LogP) is 4.45. The van der Waals surface area contributed by atoms with E-state index < -0.39 is 0 Å². The molecule has 0 aliphatic heterocycles. The summed E-state index contributed by atoms with van der Waals surface area (Å²) < 4.78 is 0. The van der Waals surface area contributed by atoms with Crippen LogP contribution in [-0.2, 0) is 0 Å². The summed E-state index contributed by atoms with van der Waals surface area (Å²) in [5.41, 5.74) is 3.20. The molecule has 0 radical (unpaired) electrons. The second-order valence-electron chi connectivity index (χ2n) is 3.80. The number of aromatic nitrogens is 1. The van der Waals surface area contributed by atoms with Crippen LogP contribution in [0, 0.1) is 0 Å². The lowest BCUT2D eigenvalue weighted by Gasteiger charge is -2.03. The van der Waals surface area contributed by atoms with E-state index in [9.17, 15) is 0 Å². The lowest BCUT2D eigenvalue weighted by molar-refractivity contribution is 1.49. The van der Waals surface area contributed by atoms with Gasteiger partial charge in [-0.05, 0) is 23.8 Å². The summed E-state index contributed by atoms with van der Waals surface area (Å²) in [4.78, 5) is 4.64. The van der Waals surface area contributed by atoms with E-state index in [0.29, 0.717) is 0 Å². The number of hydrogen-bond donors (Lipinski definition) is 0. The van der Waals surface area contributed by atoms with Crippen LogP contribution in [0.2, 0.25) is 0 Å². The Hall–Kier alpha value is -1.86. The van der Waals surface area contributed by atoms with Crippen molar-refractivity contribution in [3.8, 4) is 0 Å². The lowest BCUT2D eigenvalue weighted by atomic mass is 10.1. The molecule has 0 atom stereocenters. The van der Waals surface area contributed by atoms with E-state index in [1.54, 1.807) is 0 Å². The first-order valence-corrected chi connectivity index (χ1v) is 5.29. The van der Waals surface area contributed by atoms with Crippen molar-refractivity contribution in [2.24, 2.45) is 0 Å². The fourth-order valence-electron chi connectivity index (χ4n) is 2.00. The average Bonchev–Trinajstić information content (AvgIpc) is 2.35. The smallest absolute Gasteiger partial charge is 0.0715 e. The summed E-state index contributed by atoms with van der Waals surface area (Å²) in [5, 5.41) is 2.33. The van der Waals surface area contributed by atoms with Crippen molar-refractivity contribution >= 4 is 40.3 Å². The first-order chi connectivity index (χ1) is 7.88. The summed E-state index contributed by atoms with van der Waals surface area (Å²) in [6.45, 7) is 3.83. The van der Waals surface area contributed by atoms with Crippen LogP contribution in [-0.4, -0.2) is 4.98 Å². The monoisotopic (exact) mass is 241 g/mol. The zero-order chi connectivity index (χ0) is 11.0. The molecule has 1 nitrogen and oxygen atoms in total. The molecule has 0 unspecified atom stereocenters. The number of benzene rings is 2. The second kappa shape index (κ2) is 4.56. The van der Waals surface area contributed by atoms with Gasteiger partial charge in [0, 0.05) is 10.8 Å². The molecule has 0 amide bonds. The largest absolute Gasteiger partial charge is 0.248 e. The first kappa shape index (κ1) is 11.6. The molecule has 0 fully saturated rings. The van der Waals surface area contributed by atoms with Gasteiger partial charge in [0.1, 0.15) is 0 Å². The van der Waals surface area contributed by atoms with Gasteiger partial charge in [0.15, 0.2) is 0 Å². The van der Waals surface area contributed by atoms with Gasteiger partial charge in [-0.1, -0.05) is 43.0 Å². The van der Waals surface area contributed by atoms with Crippen LogP contribution >= 0.6 is 12.4 Å². The molecule has 3 aromatic rings. The summed E-state index contributed by atoms with van der Waals surface area (Å²) >= 11 is 0. The molecule has 0 bridgehead atoms. The fourth-order valence-corrected chi connectivity index (χ4v) is 2.00. The normalized spacial score (nSPS) is 10.1. The molecular formula is C15H12ClN. The number of hydrogen-bond acceptors (Lipinski definition) is 1. The van der Waals surface area contributed by atoms with Gasteiger partial charge < -0.3 is 0 Å². The molecule has 1 aromatic heterocycles. The van der Waals surface area contributed by atoms with Gasteiger partial charge in [0.25, 0.3) is 0 Å². The summed E-state index contributed by atoms with van der Waals surface area (Å²) in [6.07, 6.45) is 1.87. The SMILES string of the molecule is C=Cc1cccc2nc3ccccc3cc12.Cl. The standard InChI is InChI=1S/C15H11N.ClH/c1-2-11-7-5-9-15-13(11)10-12-6-3-4-8-14(12)16-15;/h2-10H,1H2;1H. The topological polar surface area (TPSA) is 12.9 Å². The second-order valence-corrected chi connectivity index (χ2v) is 3.80. The van der Waals surface area contributed by atoms with Crippen LogP contribution in [0.15, 0.2) is 55.1 Å². The summed E-state index contributed by atoms with van der Waals surface area (Å²) in [7, 11) is 0. The molecule has 17 heavy (non-hydrogen) atoms. The van der Waals surface area contributed by atoms with Crippen molar-refractivity contribution in [2.75, 3.05) is 0 Å². The predicted molar refractivity (Wildman–Crippen MR) is 76.6 cm³/mol. The van der Waals surface area contributed by atoms with Crippen molar-refractivity contribution in [3.63, 3.8) is 0 Å². The number of fused-ring (bicyclic) bond motifs is 2. The number of para-hydroxylation sites is 1. The number of pyridine rings is 1. The van der Waals surface area contributed by atoms with E-state index in [4.69, 9.17) is 0 Å². The Morgan fingerprint density at radius 1 is 0.941 bits per heavy atom. The maximum absolute atomic E-state index is 4.64. The summed E-state index contributed by atoms with van der Waals surface area (Å²) in [5.74, 6) is 0. The first-order valence-electron chi connectivity index (χ1n) is 5.29. The Morgan fingerprint density at radius 2 is 1.71 bits per heavy atom. The third-order valence-corrected chi connectivity index (χ3v) is 2.81. The molecule has 2 aromatic carbocycles. The molecule has 2 heteroatoms. The highest BCUT2D eigenvalue weighted by Crippen LogP contribution is 2.23. The van der Waals surface area contributed by atoms with E-state index in [0.717, 1.165) is 22.0 Å². The molecule has 1 heterocycles. The van der Waals surface area contributed by atoms with Gasteiger partial charge in [0.05, 0.1) is 11.0 Å². The average molecular weight is 242 g/mol. The molecule has 0 aliphatic rings. The summed E-state index contributed by atoms with van der Waals surface area (Å²) in [6, 6.07) is 16.5. The van der Waals surface area contributed by atoms with Gasteiger partial charge in [-0.15, -0.1) is 12.4 Å². The van der Waals surface area contributed by atoms with Gasteiger partial charge in [-0.2, -0.15) is 0 Å². The highest BCUT2D eigenvalue weighted by molar-refractivity contribution is 5.96. The van der Waals surface area contributed by atoms with E-state index >= 15 is 0 Å². The molecular weight excluding hydrogens is 230 g/mol. The Labute approximate surface area is 106 Å². The number of rotatable bonds is 1. The third-order valence-electron chi connectivity index (χ3n) is 2.81. The van der Waals surface area contributed by atoms with Gasteiger partial charge in [0.2, 0.25) is 0 Å². The van der Waals surface area contributed by atoms with Gasteiger partial charge >= 0.3 is 0 Å². The van der Waals surface area contributed by atoms with E-state index in [-0.39, 0.29) is 12.4 Å². The molecule has 0 spiro atoms. The Balaban J connectivity index is 0.00000108. The van der Waals surface area contributed by atoms with Gasteiger partial charge in [-0.3, -0.25) is 0 Å². The minimum Gasteiger partial charge on any atom is -0.248 e. The maximum Gasteiger partial charge on any atom is 0.0715 e. The molecule has 0 saturated heterocycles. The maximum atomic E-state index is 4.64. The third kappa shape index (κ3) is 1.90. The molecule has 0 aliphatic carbocycles.